The number of carbonyl (C=O) groups excluding carboxylic acids is 1. The van der Waals surface area contributed by atoms with Crippen molar-refractivity contribution in [3.05, 3.63) is 54.3 Å². The predicted molar refractivity (Wildman–Crippen MR) is 154 cm³/mol. The number of halogens is 1. The summed E-state index contributed by atoms with van der Waals surface area (Å²) >= 11 is 0. The number of aromatic nitrogens is 3. The molecular formula is C33H39FN4O3. The van der Waals surface area contributed by atoms with E-state index in [9.17, 15) is 9.18 Å². The number of amides is 1. The fourth-order valence-electron chi connectivity index (χ4n) is 7.95. The molecular weight excluding hydrogens is 519 g/mol. The molecule has 3 aromatic rings. The number of ether oxygens (including phenoxy) is 1. The number of carbonyl (C=O) groups is 1. The number of nitrogens with zero attached hydrogens (tertiary/aromatic N) is 4. The van der Waals surface area contributed by atoms with E-state index in [4.69, 9.17) is 14.2 Å². The molecule has 0 atom stereocenters. The number of rotatable bonds is 9. The molecule has 6 aliphatic carbocycles. The number of alkyl halides is 1. The molecule has 0 aliphatic heterocycles. The molecule has 4 bridgehead atoms. The predicted octanol–water partition coefficient (Wildman–Crippen LogP) is 7.17. The monoisotopic (exact) mass is 558 g/mol. The summed E-state index contributed by atoms with van der Waals surface area (Å²) in [6.07, 6.45) is 8.97. The van der Waals surface area contributed by atoms with Crippen molar-refractivity contribution in [1.29, 1.82) is 0 Å². The third-order valence-electron chi connectivity index (χ3n) is 10.5. The van der Waals surface area contributed by atoms with Crippen LogP contribution < -0.4 is 9.64 Å². The lowest BCUT2D eigenvalue weighted by molar-refractivity contribution is -0.211. The molecule has 1 amide bonds. The highest BCUT2D eigenvalue weighted by atomic mass is 19.1. The molecule has 216 valence electrons. The van der Waals surface area contributed by atoms with E-state index in [2.05, 4.69) is 30.1 Å². The van der Waals surface area contributed by atoms with Crippen molar-refractivity contribution in [2.75, 3.05) is 18.1 Å². The molecule has 41 heavy (non-hydrogen) atoms. The first-order chi connectivity index (χ1) is 19.7. The minimum Gasteiger partial charge on any atom is -0.478 e. The van der Waals surface area contributed by atoms with Crippen molar-refractivity contribution < 1.29 is 18.4 Å². The smallest absolute Gasteiger partial charge is 0.233 e. The Labute approximate surface area is 240 Å². The van der Waals surface area contributed by atoms with Gasteiger partial charge in [-0.3, -0.25) is 4.79 Å². The van der Waals surface area contributed by atoms with Crippen LogP contribution in [0.25, 0.3) is 11.1 Å². The highest BCUT2D eigenvalue weighted by Crippen LogP contribution is 2.70. The number of anilines is 1. The van der Waals surface area contributed by atoms with Gasteiger partial charge >= 0.3 is 0 Å². The zero-order valence-corrected chi connectivity index (χ0v) is 24.3. The number of hydrogen-bond donors (Lipinski definition) is 0. The van der Waals surface area contributed by atoms with Gasteiger partial charge in [0.05, 0.1) is 12.0 Å². The van der Waals surface area contributed by atoms with Crippen LogP contribution in [0.15, 0.2) is 47.1 Å². The summed E-state index contributed by atoms with van der Waals surface area (Å²) in [6, 6.07) is 12.0. The van der Waals surface area contributed by atoms with Gasteiger partial charge in [-0.15, -0.1) is 0 Å². The second-order valence-electron chi connectivity index (χ2n) is 13.6. The second-order valence-corrected chi connectivity index (χ2v) is 13.6. The lowest BCUT2D eigenvalue weighted by atomic mass is 9.41. The molecule has 6 aliphatic rings. The second kappa shape index (κ2) is 9.36. The van der Waals surface area contributed by atoms with Gasteiger partial charge in [0, 0.05) is 41.4 Å². The number of fused-ring (bicyclic) bond motifs is 3. The van der Waals surface area contributed by atoms with E-state index in [-0.39, 0.29) is 22.7 Å². The summed E-state index contributed by atoms with van der Waals surface area (Å²) in [4.78, 5) is 25.4. The van der Waals surface area contributed by atoms with Crippen LogP contribution in [0.2, 0.25) is 0 Å². The summed E-state index contributed by atoms with van der Waals surface area (Å²) in [5.74, 6) is 2.48. The highest BCUT2D eigenvalue weighted by molar-refractivity contribution is 6.00. The first-order valence-electron chi connectivity index (χ1n) is 15.2. The zero-order chi connectivity index (χ0) is 28.5. The number of benzene rings is 1. The summed E-state index contributed by atoms with van der Waals surface area (Å²) < 4.78 is 25.7. The van der Waals surface area contributed by atoms with Gasteiger partial charge in [-0.2, -0.15) is 4.98 Å². The Morgan fingerprint density at radius 3 is 2.37 bits per heavy atom. The first kappa shape index (κ1) is 26.6. The summed E-state index contributed by atoms with van der Waals surface area (Å²) in [5, 5.41) is 4.41. The van der Waals surface area contributed by atoms with Gasteiger partial charge in [0.15, 0.2) is 5.82 Å². The summed E-state index contributed by atoms with van der Waals surface area (Å²) in [6.45, 7) is 7.32. The van der Waals surface area contributed by atoms with E-state index in [1.165, 1.54) is 0 Å². The van der Waals surface area contributed by atoms with E-state index in [1.54, 1.807) is 0 Å². The van der Waals surface area contributed by atoms with Gasteiger partial charge < -0.3 is 14.2 Å². The SMILES string of the molecule is CCOc1ccc(-c2cccc(N(CC34CCC(c5noc(C(C)C)n5)(CC3)CC4)C(=O)C34CC(F)(C3)C4)c2)cn1. The van der Waals surface area contributed by atoms with Crippen LogP contribution in [-0.4, -0.2) is 39.9 Å². The summed E-state index contributed by atoms with van der Waals surface area (Å²) in [5.41, 5.74) is 1.21. The third kappa shape index (κ3) is 4.36. The maximum atomic E-state index is 14.6. The van der Waals surface area contributed by atoms with E-state index in [0.717, 1.165) is 61.2 Å². The lowest BCUT2D eigenvalue weighted by Gasteiger charge is -2.65. The molecule has 2 aromatic heterocycles. The van der Waals surface area contributed by atoms with Gasteiger partial charge in [0.25, 0.3) is 0 Å². The molecule has 2 heterocycles. The summed E-state index contributed by atoms with van der Waals surface area (Å²) in [7, 11) is 0. The fourth-order valence-corrected chi connectivity index (χ4v) is 7.95. The Bertz CT molecular complexity index is 1420. The van der Waals surface area contributed by atoms with Gasteiger partial charge in [0.1, 0.15) is 5.67 Å². The van der Waals surface area contributed by atoms with Crippen molar-refractivity contribution in [2.24, 2.45) is 10.8 Å². The third-order valence-corrected chi connectivity index (χ3v) is 10.5. The van der Waals surface area contributed by atoms with Gasteiger partial charge in [0.2, 0.25) is 17.7 Å². The van der Waals surface area contributed by atoms with Crippen molar-refractivity contribution in [3.63, 3.8) is 0 Å². The molecule has 6 saturated carbocycles. The fraction of sp³-hybridized carbons (Fsp3) is 0.576. The van der Waals surface area contributed by atoms with Crippen molar-refractivity contribution in [2.45, 2.75) is 95.6 Å². The van der Waals surface area contributed by atoms with Gasteiger partial charge in [-0.1, -0.05) is 31.1 Å². The van der Waals surface area contributed by atoms with Crippen molar-refractivity contribution >= 4 is 11.6 Å². The molecule has 7 nitrogen and oxygen atoms in total. The molecule has 0 radical (unpaired) electrons. The minimum atomic E-state index is -1.12. The molecule has 0 unspecified atom stereocenters. The van der Waals surface area contributed by atoms with Gasteiger partial charge in [-0.05, 0) is 93.9 Å². The molecule has 8 heteroatoms. The average Bonchev–Trinajstić information content (AvgIpc) is 3.47. The minimum absolute atomic E-state index is 0.0255. The maximum Gasteiger partial charge on any atom is 0.233 e. The van der Waals surface area contributed by atoms with Crippen molar-refractivity contribution in [3.8, 4) is 17.0 Å². The van der Waals surface area contributed by atoms with Crippen LogP contribution in [0.5, 0.6) is 5.88 Å². The molecule has 0 saturated heterocycles. The Hall–Kier alpha value is -3.29. The molecule has 9 rings (SSSR count). The average molecular weight is 559 g/mol. The van der Waals surface area contributed by atoms with E-state index < -0.39 is 11.1 Å². The van der Waals surface area contributed by atoms with Crippen LogP contribution in [-0.2, 0) is 10.2 Å². The van der Waals surface area contributed by atoms with Crippen LogP contribution in [0.3, 0.4) is 0 Å². The largest absolute Gasteiger partial charge is 0.478 e. The van der Waals surface area contributed by atoms with Crippen molar-refractivity contribution in [1.82, 2.24) is 15.1 Å². The Balaban J connectivity index is 1.15. The standard InChI is InChI=1S/C33H39FN4O3/c1-4-40-26-9-8-24(17-35-26)23-6-5-7-25(16-23)38(29(39)32-18-33(34,19-32)20-32)21-30-10-13-31(14-11-30,15-12-30)28-36-27(22(2)3)41-37-28/h5-9,16-17,22H,4,10-15,18-21H2,1-3H3. The Morgan fingerprint density at radius 1 is 1.05 bits per heavy atom. The zero-order valence-electron chi connectivity index (χ0n) is 24.3. The van der Waals surface area contributed by atoms with E-state index in [1.807, 2.05) is 48.4 Å². The number of hydrogen-bond acceptors (Lipinski definition) is 6. The normalized spacial score (nSPS) is 31.4. The van der Waals surface area contributed by atoms with Crippen LogP contribution in [0.4, 0.5) is 10.1 Å². The molecule has 1 aromatic carbocycles. The quantitative estimate of drug-likeness (QED) is 0.277. The maximum absolute atomic E-state index is 14.6. The van der Waals surface area contributed by atoms with Crippen LogP contribution in [0, 0.1) is 10.8 Å². The Kier molecular flexibility index (Phi) is 6.07. The van der Waals surface area contributed by atoms with E-state index in [0.29, 0.717) is 44.2 Å². The van der Waals surface area contributed by atoms with Crippen LogP contribution >= 0.6 is 0 Å². The lowest BCUT2D eigenvalue weighted by Crippen LogP contribution is -2.71. The molecule has 0 N–H and O–H groups in total. The van der Waals surface area contributed by atoms with E-state index >= 15 is 0 Å². The topological polar surface area (TPSA) is 81.4 Å². The highest BCUT2D eigenvalue weighted by Gasteiger charge is 2.73. The molecule has 6 fully saturated rings. The van der Waals surface area contributed by atoms with Crippen LogP contribution in [0.1, 0.15) is 96.2 Å². The molecule has 0 spiro atoms. The van der Waals surface area contributed by atoms with Gasteiger partial charge in [-0.25, -0.2) is 9.37 Å². The Morgan fingerprint density at radius 2 is 1.78 bits per heavy atom. The number of pyridine rings is 1. The first-order valence-corrected chi connectivity index (χ1v) is 15.2.